The van der Waals surface area contributed by atoms with E-state index in [0.29, 0.717) is 24.8 Å². The van der Waals surface area contributed by atoms with Gasteiger partial charge in [-0.15, -0.1) is 0 Å². The molecular formula is C27H36O11. The predicted octanol–water partition coefficient (Wildman–Crippen LogP) is 0.995. The second-order valence-corrected chi connectivity index (χ2v) is 11.3. The predicted molar refractivity (Wildman–Crippen MR) is 128 cm³/mol. The van der Waals surface area contributed by atoms with Crippen LogP contribution in [0.2, 0.25) is 0 Å². The highest BCUT2D eigenvalue weighted by Gasteiger charge is 2.66. The molecule has 210 valence electrons. The molecule has 11 nitrogen and oxygen atoms in total. The molecule has 0 radical (unpaired) electrons. The molecule has 2 aliphatic carbocycles. The number of hydrogen-bond acceptors (Lipinski definition) is 11. The summed E-state index contributed by atoms with van der Waals surface area (Å²) in [5, 5.41) is 40.8. The number of fused-ring (bicyclic) bond motifs is 3. The van der Waals surface area contributed by atoms with Crippen LogP contribution in [0.5, 0.6) is 0 Å². The second-order valence-electron chi connectivity index (χ2n) is 11.3. The number of hydrogen-bond donors (Lipinski definition) is 4. The number of esters is 2. The summed E-state index contributed by atoms with van der Waals surface area (Å²) in [6.45, 7) is 3.35. The van der Waals surface area contributed by atoms with Crippen molar-refractivity contribution in [1.82, 2.24) is 0 Å². The van der Waals surface area contributed by atoms with E-state index in [4.69, 9.17) is 23.4 Å². The van der Waals surface area contributed by atoms with Crippen molar-refractivity contribution in [3.05, 3.63) is 35.8 Å². The maximum Gasteiger partial charge on any atom is 0.334 e. The zero-order valence-corrected chi connectivity index (χ0v) is 21.7. The molecule has 38 heavy (non-hydrogen) atoms. The Hall–Kier alpha value is -2.28. The maximum atomic E-state index is 13.5. The van der Waals surface area contributed by atoms with E-state index in [1.165, 1.54) is 13.4 Å². The van der Waals surface area contributed by atoms with Crippen LogP contribution in [0.3, 0.4) is 0 Å². The van der Waals surface area contributed by atoms with Gasteiger partial charge in [0.25, 0.3) is 0 Å². The lowest BCUT2D eigenvalue weighted by molar-refractivity contribution is -0.329. The highest BCUT2D eigenvalue weighted by molar-refractivity contribution is 5.90. The van der Waals surface area contributed by atoms with Crippen LogP contribution in [0.1, 0.15) is 51.2 Å². The van der Waals surface area contributed by atoms with Gasteiger partial charge in [-0.25, -0.2) is 4.79 Å². The molecule has 4 N–H and O–H groups in total. The van der Waals surface area contributed by atoms with E-state index < -0.39 is 72.2 Å². The highest BCUT2D eigenvalue weighted by Crippen LogP contribution is 2.65. The van der Waals surface area contributed by atoms with E-state index >= 15 is 0 Å². The monoisotopic (exact) mass is 536 g/mol. The Bertz CT molecular complexity index is 1070. The third kappa shape index (κ3) is 4.11. The number of methoxy groups -OCH3 is 1. The zero-order valence-electron chi connectivity index (χ0n) is 21.7. The first kappa shape index (κ1) is 27.3. The SMILES string of the molecule is COC(=O)C1=CCC[C@H]2[C@]3(C)C[C@@H](c4ccoc4)OC(=O)[C@@H]3C[C@@H](O[C@@H]3O[C@H](CO)[C@@H](O)[C@H](O)[C@H]3O)[C@@]12C. The molecule has 1 aromatic heterocycles. The summed E-state index contributed by atoms with van der Waals surface area (Å²) in [4.78, 5) is 26.5. The van der Waals surface area contributed by atoms with Gasteiger partial charge in [-0.05, 0) is 43.1 Å². The van der Waals surface area contributed by atoms with Crippen molar-refractivity contribution in [1.29, 1.82) is 0 Å². The lowest BCUT2D eigenvalue weighted by Crippen LogP contribution is -2.65. The van der Waals surface area contributed by atoms with Crippen molar-refractivity contribution in [2.75, 3.05) is 13.7 Å². The largest absolute Gasteiger partial charge is 0.472 e. The third-order valence-corrected chi connectivity index (χ3v) is 9.45. The average Bonchev–Trinajstić information content (AvgIpc) is 3.44. The molecule has 4 aliphatic rings. The zero-order chi connectivity index (χ0) is 27.4. The van der Waals surface area contributed by atoms with Gasteiger partial charge in [0.2, 0.25) is 0 Å². The minimum absolute atomic E-state index is 0.157. The molecule has 0 aromatic carbocycles. The van der Waals surface area contributed by atoms with Gasteiger partial charge in [-0.1, -0.05) is 19.9 Å². The molecular weight excluding hydrogens is 500 g/mol. The summed E-state index contributed by atoms with van der Waals surface area (Å²) in [7, 11) is 1.31. The summed E-state index contributed by atoms with van der Waals surface area (Å²) in [6, 6.07) is 1.77. The Morgan fingerprint density at radius 1 is 1.18 bits per heavy atom. The van der Waals surface area contributed by atoms with Crippen molar-refractivity contribution in [2.45, 2.75) is 82.4 Å². The normalized spacial score (nSPS) is 44.9. The summed E-state index contributed by atoms with van der Waals surface area (Å²) < 4.78 is 28.2. The van der Waals surface area contributed by atoms with E-state index in [9.17, 15) is 30.0 Å². The number of aliphatic hydroxyl groups excluding tert-OH is 4. The minimum atomic E-state index is -1.62. The maximum absolute atomic E-state index is 13.5. The molecule has 2 aliphatic heterocycles. The fourth-order valence-corrected chi connectivity index (χ4v) is 7.39. The van der Waals surface area contributed by atoms with Crippen LogP contribution < -0.4 is 0 Å². The lowest BCUT2D eigenvalue weighted by Gasteiger charge is -2.62. The second kappa shape index (κ2) is 10.0. The van der Waals surface area contributed by atoms with Crippen molar-refractivity contribution < 1.29 is 53.4 Å². The molecule has 1 saturated carbocycles. The standard InChI is InChI=1S/C27H36O11/c1-26-10-16(13-7-8-35-12-13)36-24(33)15(26)9-19(27(2)14(23(32)34-3)5-4-6-18(26)27)38-25-22(31)21(30)20(29)17(11-28)37-25/h5,7-8,12,15-22,25,28-31H,4,6,9-11H2,1-3H3/t15-,16-,17+,18-,19+,20+,21-,22+,25-,26+,27-/m0/s1. The van der Waals surface area contributed by atoms with Crippen LogP contribution in [0.25, 0.3) is 0 Å². The van der Waals surface area contributed by atoms with Crippen LogP contribution in [0, 0.1) is 22.7 Å². The molecule has 11 heteroatoms. The number of carbonyl (C=O) groups is 2. The first-order valence-electron chi connectivity index (χ1n) is 13.0. The fourth-order valence-electron chi connectivity index (χ4n) is 7.39. The van der Waals surface area contributed by atoms with Crippen molar-refractivity contribution in [3.63, 3.8) is 0 Å². The smallest absolute Gasteiger partial charge is 0.334 e. The van der Waals surface area contributed by atoms with Gasteiger partial charge < -0.3 is 43.8 Å². The average molecular weight is 537 g/mol. The van der Waals surface area contributed by atoms with E-state index in [1.54, 1.807) is 12.3 Å². The van der Waals surface area contributed by atoms with Crippen LogP contribution in [-0.4, -0.2) is 82.9 Å². The molecule has 3 heterocycles. The lowest BCUT2D eigenvalue weighted by atomic mass is 9.44. The number of aliphatic hydroxyl groups is 4. The first-order valence-corrected chi connectivity index (χ1v) is 13.0. The van der Waals surface area contributed by atoms with Crippen LogP contribution in [0.4, 0.5) is 0 Å². The number of furan rings is 1. The topological polar surface area (TPSA) is 165 Å². The number of ether oxygens (including phenoxy) is 4. The Kier molecular flexibility index (Phi) is 7.21. The van der Waals surface area contributed by atoms with Crippen molar-refractivity contribution in [2.24, 2.45) is 22.7 Å². The van der Waals surface area contributed by atoms with Crippen LogP contribution in [-0.2, 0) is 28.5 Å². The summed E-state index contributed by atoms with van der Waals surface area (Å²) >= 11 is 0. The van der Waals surface area contributed by atoms with Gasteiger partial charge in [-0.2, -0.15) is 0 Å². The number of cyclic esters (lactones) is 1. The molecule has 0 amide bonds. The Balaban J connectivity index is 1.54. The summed E-state index contributed by atoms with van der Waals surface area (Å²) in [5.74, 6) is -1.68. The molecule has 3 fully saturated rings. The number of allylic oxidation sites excluding steroid dienone is 1. The fraction of sp³-hybridized carbons (Fsp3) is 0.704. The third-order valence-electron chi connectivity index (χ3n) is 9.45. The van der Waals surface area contributed by atoms with E-state index in [2.05, 4.69) is 6.92 Å². The first-order chi connectivity index (χ1) is 18.1. The summed E-state index contributed by atoms with van der Waals surface area (Å²) in [5.41, 5.74) is -0.341. The molecule has 5 rings (SSSR count). The number of rotatable bonds is 5. The van der Waals surface area contributed by atoms with Gasteiger partial charge in [0.15, 0.2) is 6.29 Å². The minimum Gasteiger partial charge on any atom is -0.472 e. The molecule has 0 spiro atoms. The van der Waals surface area contributed by atoms with E-state index in [0.717, 1.165) is 5.56 Å². The molecule has 0 unspecified atom stereocenters. The summed E-state index contributed by atoms with van der Waals surface area (Å²) in [6.07, 6.45) is -1.81. The molecule has 0 bridgehead atoms. The van der Waals surface area contributed by atoms with Crippen molar-refractivity contribution >= 4 is 11.9 Å². The van der Waals surface area contributed by atoms with Gasteiger partial charge in [0.05, 0.1) is 38.3 Å². The van der Waals surface area contributed by atoms with Gasteiger partial charge in [0.1, 0.15) is 30.5 Å². The Labute approximate surface area is 220 Å². The van der Waals surface area contributed by atoms with Gasteiger partial charge >= 0.3 is 11.9 Å². The Morgan fingerprint density at radius 3 is 2.61 bits per heavy atom. The molecule has 11 atom stereocenters. The van der Waals surface area contributed by atoms with Crippen LogP contribution in [0.15, 0.2) is 34.7 Å². The van der Waals surface area contributed by atoms with E-state index in [1.807, 2.05) is 13.0 Å². The number of carbonyl (C=O) groups excluding carboxylic acids is 2. The Morgan fingerprint density at radius 2 is 1.95 bits per heavy atom. The van der Waals surface area contributed by atoms with Gasteiger partial charge in [-0.3, -0.25) is 4.79 Å². The van der Waals surface area contributed by atoms with Crippen molar-refractivity contribution in [3.8, 4) is 0 Å². The highest BCUT2D eigenvalue weighted by atomic mass is 16.7. The van der Waals surface area contributed by atoms with Gasteiger partial charge in [0, 0.05) is 16.6 Å². The molecule has 2 saturated heterocycles. The van der Waals surface area contributed by atoms with Crippen LogP contribution >= 0.6 is 0 Å². The quantitative estimate of drug-likeness (QED) is 0.397. The molecule has 1 aromatic rings. The van der Waals surface area contributed by atoms with E-state index in [-0.39, 0.29) is 18.3 Å².